The quantitative estimate of drug-likeness (QED) is 0.395. The van der Waals surface area contributed by atoms with Crippen LogP contribution in [0.3, 0.4) is 0 Å². The van der Waals surface area contributed by atoms with Crippen LogP contribution in [0.25, 0.3) is 0 Å². The molecular weight excluding hydrogens is 394 g/mol. The maximum Gasteiger partial charge on any atom is 0.255 e. The van der Waals surface area contributed by atoms with Crippen molar-refractivity contribution in [3.05, 3.63) is 65.2 Å². The van der Waals surface area contributed by atoms with E-state index in [4.69, 9.17) is 10.5 Å². The zero-order valence-corrected chi connectivity index (χ0v) is 18.4. The van der Waals surface area contributed by atoms with E-state index in [1.165, 1.54) is 0 Å². The van der Waals surface area contributed by atoms with Crippen LogP contribution in [-0.4, -0.2) is 56.5 Å². The van der Waals surface area contributed by atoms with Gasteiger partial charge in [0.25, 0.3) is 11.8 Å². The molecule has 8 nitrogen and oxygen atoms in total. The lowest BCUT2D eigenvalue weighted by atomic mass is 10.1. The first-order valence-corrected chi connectivity index (χ1v) is 10.2. The molecule has 2 amide bonds. The van der Waals surface area contributed by atoms with E-state index in [9.17, 15) is 9.59 Å². The number of nitrogens with two attached hydrogens (primary N) is 1. The topological polar surface area (TPSA) is 109 Å². The minimum atomic E-state index is -0.515. The van der Waals surface area contributed by atoms with E-state index in [0.717, 1.165) is 24.1 Å². The molecule has 0 aliphatic heterocycles. The highest BCUT2D eigenvalue weighted by molar-refractivity contribution is 5.94. The van der Waals surface area contributed by atoms with Gasteiger partial charge in [0.2, 0.25) is 0 Å². The van der Waals surface area contributed by atoms with Gasteiger partial charge in [0.15, 0.2) is 12.6 Å². The van der Waals surface area contributed by atoms with Gasteiger partial charge in [-0.1, -0.05) is 24.3 Å². The van der Waals surface area contributed by atoms with Crippen LogP contribution in [0.4, 0.5) is 0 Å². The van der Waals surface area contributed by atoms with E-state index < -0.39 is 5.91 Å². The Bertz CT molecular complexity index is 912. The van der Waals surface area contributed by atoms with Gasteiger partial charge in [-0.3, -0.25) is 9.59 Å². The van der Waals surface area contributed by atoms with Crippen molar-refractivity contribution in [2.45, 2.75) is 19.9 Å². The number of nitrogens with zero attached hydrogens (tertiary/aromatic N) is 2. The van der Waals surface area contributed by atoms with E-state index in [1.54, 1.807) is 25.1 Å². The fourth-order valence-corrected chi connectivity index (χ4v) is 2.84. The summed E-state index contributed by atoms with van der Waals surface area (Å²) in [5, 5.41) is 6.54. The van der Waals surface area contributed by atoms with Gasteiger partial charge in [-0.2, -0.15) is 0 Å². The van der Waals surface area contributed by atoms with Crippen molar-refractivity contribution in [3.8, 4) is 5.75 Å². The summed E-state index contributed by atoms with van der Waals surface area (Å²) < 4.78 is 5.34. The lowest BCUT2D eigenvalue weighted by Gasteiger charge is -2.13. The molecule has 0 fully saturated rings. The molecule has 4 N–H and O–H groups in total. The molecule has 0 unspecified atom stereocenters. The summed E-state index contributed by atoms with van der Waals surface area (Å²) in [6.07, 6.45) is 0.759. The predicted molar refractivity (Wildman–Crippen MR) is 122 cm³/mol. The number of hydrogen-bond acceptors (Lipinski definition) is 4. The molecule has 0 aliphatic rings. The summed E-state index contributed by atoms with van der Waals surface area (Å²) in [6, 6.07) is 15.1. The Kier molecular flexibility index (Phi) is 9.35. The second-order valence-corrected chi connectivity index (χ2v) is 7.17. The van der Waals surface area contributed by atoms with Gasteiger partial charge >= 0.3 is 0 Å². The van der Waals surface area contributed by atoms with Crippen LogP contribution in [0.15, 0.2) is 53.5 Å². The molecule has 0 heterocycles. The van der Waals surface area contributed by atoms with Crippen LogP contribution in [0.1, 0.15) is 28.4 Å². The van der Waals surface area contributed by atoms with Crippen LogP contribution in [-0.2, 0) is 17.8 Å². The highest BCUT2D eigenvalue weighted by Crippen LogP contribution is 2.14. The van der Waals surface area contributed by atoms with Gasteiger partial charge in [0, 0.05) is 32.7 Å². The van der Waals surface area contributed by atoms with Crippen LogP contribution >= 0.6 is 0 Å². The van der Waals surface area contributed by atoms with Crippen molar-refractivity contribution in [2.75, 3.05) is 33.8 Å². The Balaban J connectivity index is 1.94. The maximum absolute atomic E-state index is 12.1. The number of guanidine groups is 1. The minimum Gasteiger partial charge on any atom is -0.484 e. The van der Waals surface area contributed by atoms with Gasteiger partial charge in [0.05, 0.1) is 6.54 Å². The van der Waals surface area contributed by atoms with Gasteiger partial charge < -0.3 is 26.0 Å². The third-order valence-electron chi connectivity index (χ3n) is 4.33. The molecule has 8 heteroatoms. The Morgan fingerprint density at radius 3 is 2.52 bits per heavy atom. The molecule has 0 saturated carbocycles. The summed E-state index contributed by atoms with van der Waals surface area (Å²) in [7, 11) is 3.49. The summed E-state index contributed by atoms with van der Waals surface area (Å²) in [4.78, 5) is 29.2. The standard InChI is InChI=1S/C23H31N5O3/c1-4-25-23(27-15-18-8-6-10-20(14-18)31-16-21(24)29)26-12-11-17-7-5-9-19(13-17)22(30)28(2)3/h5-10,13-14H,4,11-12,15-16H2,1-3H3,(H2,24,29)(H2,25,26,27). The molecule has 0 radical (unpaired) electrons. The van der Waals surface area contributed by atoms with Gasteiger partial charge in [0.1, 0.15) is 5.75 Å². The summed E-state index contributed by atoms with van der Waals surface area (Å²) in [5.41, 5.74) is 7.83. The molecule has 0 bridgehead atoms. The first kappa shape index (κ1) is 23.7. The third-order valence-corrected chi connectivity index (χ3v) is 4.33. The molecule has 0 aliphatic carbocycles. The first-order chi connectivity index (χ1) is 14.9. The normalized spacial score (nSPS) is 11.0. The van der Waals surface area contributed by atoms with Gasteiger partial charge in [-0.15, -0.1) is 0 Å². The number of nitrogens with one attached hydrogen (secondary N) is 2. The van der Waals surface area contributed by atoms with Gasteiger partial charge in [-0.25, -0.2) is 4.99 Å². The maximum atomic E-state index is 12.1. The smallest absolute Gasteiger partial charge is 0.255 e. The number of rotatable bonds is 10. The number of ether oxygens (including phenoxy) is 1. The number of carbonyl (C=O) groups is 2. The number of benzene rings is 2. The Hall–Kier alpha value is -3.55. The van der Waals surface area contributed by atoms with E-state index in [2.05, 4.69) is 15.6 Å². The highest BCUT2D eigenvalue weighted by Gasteiger charge is 2.08. The van der Waals surface area contributed by atoms with Crippen molar-refractivity contribution in [2.24, 2.45) is 10.7 Å². The molecule has 31 heavy (non-hydrogen) atoms. The molecule has 2 aromatic rings. The summed E-state index contributed by atoms with van der Waals surface area (Å²) in [5.74, 6) is 0.758. The molecule has 2 rings (SSSR count). The molecule has 0 saturated heterocycles. The lowest BCUT2D eigenvalue weighted by molar-refractivity contribution is -0.119. The Morgan fingerprint density at radius 1 is 1.06 bits per heavy atom. The third kappa shape index (κ3) is 8.38. The Labute approximate surface area is 183 Å². The predicted octanol–water partition coefficient (Wildman–Crippen LogP) is 1.55. The molecule has 0 aromatic heterocycles. The van der Waals surface area contributed by atoms with E-state index >= 15 is 0 Å². The van der Waals surface area contributed by atoms with E-state index in [-0.39, 0.29) is 12.5 Å². The minimum absolute atomic E-state index is 0.00764. The van der Waals surface area contributed by atoms with Crippen molar-refractivity contribution in [1.29, 1.82) is 0 Å². The Morgan fingerprint density at radius 2 is 1.81 bits per heavy atom. The zero-order valence-electron chi connectivity index (χ0n) is 18.4. The van der Waals surface area contributed by atoms with E-state index in [1.807, 2.05) is 49.4 Å². The molecule has 0 spiro atoms. The van der Waals surface area contributed by atoms with Crippen LogP contribution in [0.2, 0.25) is 0 Å². The summed E-state index contributed by atoms with van der Waals surface area (Å²) >= 11 is 0. The summed E-state index contributed by atoms with van der Waals surface area (Å²) in [6.45, 7) is 3.72. The highest BCUT2D eigenvalue weighted by atomic mass is 16.5. The fraction of sp³-hybridized carbons (Fsp3) is 0.348. The fourth-order valence-electron chi connectivity index (χ4n) is 2.84. The zero-order chi connectivity index (χ0) is 22.6. The molecular formula is C23H31N5O3. The van der Waals surface area contributed by atoms with Crippen LogP contribution in [0.5, 0.6) is 5.75 Å². The lowest BCUT2D eigenvalue weighted by Crippen LogP contribution is -2.38. The van der Waals surface area contributed by atoms with Crippen LogP contribution < -0.4 is 21.1 Å². The second kappa shape index (κ2) is 12.2. The largest absolute Gasteiger partial charge is 0.484 e. The number of amides is 2. The number of carbonyl (C=O) groups excluding carboxylic acids is 2. The number of aliphatic imine (C=N–C) groups is 1. The van der Waals surface area contributed by atoms with Crippen molar-refractivity contribution in [3.63, 3.8) is 0 Å². The first-order valence-electron chi connectivity index (χ1n) is 10.2. The van der Waals surface area contributed by atoms with Crippen LogP contribution in [0, 0.1) is 0 Å². The van der Waals surface area contributed by atoms with Crippen molar-refractivity contribution < 1.29 is 14.3 Å². The van der Waals surface area contributed by atoms with Crippen molar-refractivity contribution in [1.82, 2.24) is 15.5 Å². The average molecular weight is 426 g/mol. The van der Waals surface area contributed by atoms with E-state index in [0.29, 0.717) is 30.4 Å². The molecule has 2 aromatic carbocycles. The molecule has 166 valence electrons. The SMILES string of the molecule is CCNC(=NCc1cccc(OCC(N)=O)c1)NCCc1cccc(C(=O)N(C)C)c1. The molecule has 0 atom stereocenters. The average Bonchev–Trinajstić information content (AvgIpc) is 2.76. The monoisotopic (exact) mass is 425 g/mol. The van der Waals surface area contributed by atoms with Crippen molar-refractivity contribution >= 4 is 17.8 Å². The van der Waals surface area contributed by atoms with Gasteiger partial charge in [-0.05, 0) is 48.7 Å². The second-order valence-electron chi connectivity index (χ2n) is 7.17. The number of hydrogen-bond donors (Lipinski definition) is 3. The number of primary amides is 1.